The first kappa shape index (κ1) is 15.0. The van der Waals surface area contributed by atoms with Gasteiger partial charge in [-0.15, -0.1) is 0 Å². The maximum absolute atomic E-state index is 13.6. The predicted molar refractivity (Wildman–Crippen MR) is 81.1 cm³/mol. The molecular weight excluding hydrogens is 269 g/mol. The van der Waals surface area contributed by atoms with Crippen LogP contribution >= 0.6 is 0 Å². The van der Waals surface area contributed by atoms with Gasteiger partial charge in [-0.3, -0.25) is 4.79 Å². The summed E-state index contributed by atoms with van der Waals surface area (Å²) in [4.78, 5) is 11.8. The number of para-hydroxylation sites is 1. The van der Waals surface area contributed by atoms with Gasteiger partial charge in [-0.05, 0) is 43.2 Å². The Hall–Kier alpha value is -2.36. The van der Waals surface area contributed by atoms with Gasteiger partial charge < -0.3 is 10.1 Å². The summed E-state index contributed by atoms with van der Waals surface area (Å²) in [7, 11) is 0. The highest BCUT2D eigenvalue weighted by atomic mass is 19.1. The van der Waals surface area contributed by atoms with Crippen LogP contribution in [0.15, 0.2) is 42.5 Å². The zero-order valence-electron chi connectivity index (χ0n) is 12.2. The molecule has 2 rings (SSSR count). The highest BCUT2D eigenvalue weighted by molar-refractivity contribution is 5.90. The van der Waals surface area contributed by atoms with Gasteiger partial charge in [0.1, 0.15) is 11.6 Å². The number of halogens is 1. The van der Waals surface area contributed by atoms with Crippen molar-refractivity contribution in [3.05, 3.63) is 59.4 Å². The smallest absolute Gasteiger partial charge is 0.227 e. The van der Waals surface area contributed by atoms with Gasteiger partial charge in [-0.1, -0.05) is 24.3 Å². The molecule has 0 bridgehead atoms. The van der Waals surface area contributed by atoms with Gasteiger partial charge in [0.25, 0.3) is 0 Å². The molecule has 2 aromatic rings. The first-order chi connectivity index (χ1) is 10.1. The van der Waals surface area contributed by atoms with E-state index in [-0.39, 0.29) is 24.6 Å². The molecule has 2 aromatic carbocycles. The zero-order chi connectivity index (χ0) is 15.2. The SMILES string of the molecule is Cc1ccc(NC(=O)CCOc2ccccc2C)c(F)c1. The number of carbonyl (C=O) groups excluding carboxylic acids is 1. The maximum Gasteiger partial charge on any atom is 0.227 e. The number of aryl methyl sites for hydroxylation is 2. The van der Waals surface area contributed by atoms with Crippen molar-refractivity contribution in [1.82, 2.24) is 0 Å². The number of hydrogen-bond donors (Lipinski definition) is 1. The van der Waals surface area contributed by atoms with Gasteiger partial charge >= 0.3 is 0 Å². The lowest BCUT2D eigenvalue weighted by Gasteiger charge is -2.10. The molecule has 0 aliphatic carbocycles. The Morgan fingerprint density at radius 3 is 2.67 bits per heavy atom. The number of benzene rings is 2. The number of hydrogen-bond acceptors (Lipinski definition) is 2. The Labute approximate surface area is 123 Å². The summed E-state index contributed by atoms with van der Waals surface area (Å²) < 4.78 is 19.1. The minimum Gasteiger partial charge on any atom is -0.493 e. The largest absolute Gasteiger partial charge is 0.493 e. The van der Waals surface area contributed by atoms with Crippen molar-refractivity contribution in [2.24, 2.45) is 0 Å². The van der Waals surface area contributed by atoms with E-state index in [0.29, 0.717) is 0 Å². The first-order valence-corrected chi connectivity index (χ1v) is 6.80. The second-order valence-electron chi connectivity index (χ2n) is 4.90. The molecule has 0 aromatic heterocycles. The van der Waals surface area contributed by atoms with Crippen LogP contribution in [0.4, 0.5) is 10.1 Å². The van der Waals surface area contributed by atoms with Gasteiger partial charge in [0.05, 0.1) is 18.7 Å². The second kappa shape index (κ2) is 6.88. The predicted octanol–water partition coefficient (Wildman–Crippen LogP) is 3.85. The molecule has 4 heteroatoms. The van der Waals surface area contributed by atoms with Crippen molar-refractivity contribution < 1.29 is 13.9 Å². The molecule has 3 nitrogen and oxygen atoms in total. The van der Waals surface area contributed by atoms with E-state index in [1.165, 1.54) is 6.07 Å². The molecule has 0 heterocycles. The lowest BCUT2D eigenvalue weighted by molar-refractivity contribution is -0.116. The van der Waals surface area contributed by atoms with E-state index in [1.54, 1.807) is 19.1 Å². The third-order valence-electron chi connectivity index (χ3n) is 3.08. The topological polar surface area (TPSA) is 38.3 Å². The standard InChI is InChI=1S/C17H18FNO2/c1-12-7-8-15(14(18)11-12)19-17(20)9-10-21-16-6-4-3-5-13(16)2/h3-8,11H,9-10H2,1-2H3,(H,19,20). The fourth-order valence-corrected chi connectivity index (χ4v) is 1.91. The van der Waals surface area contributed by atoms with Gasteiger partial charge in [0, 0.05) is 0 Å². The number of ether oxygens (including phenoxy) is 1. The number of amides is 1. The van der Waals surface area contributed by atoms with E-state index in [1.807, 2.05) is 31.2 Å². The number of nitrogens with one attached hydrogen (secondary N) is 1. The highest BCUT2D eigenvalue weighted by Gasteiger charge is 2.07. The van der Waals surface area contributed by atoms with Crippen molar-refractivity contribution in [1.29, 1.82) is 0 Å². The third kappa shape index (κ3) is 4.31. The minimum atomic E-state index is -0.428. The summed E-state index contributed by atoms with van der Waals surface area (Å²) in [5.74, 6) is 0.0568. The van der Waals surface area contributed by atoms with E-state index in [2.05, 4.69) is 5.32 Å². The quantitative estimate of drug-likeness (QED) is 0.907. The molecule has 0 spiro atoms. The lowest BCUT2D eigenvalue weighted by atomic mass is 10.2. The summed E-state index contributed by atoms with van der Waals surface area (Å²) in [6, 6.07) is 12.3. The Balaban J connectivity index is 1.84. The molecule has 110 valence electrons. The Morgan fingerprint density at radius 1 is 1.19 bits per heavy atom. The monoisotopic (exact) mass is 287 g/mol. The highest BCUT2D eigenvalue weighted by Crippen LogP contribution is 2.17. The summed E-state index contributed by atoms with van der Waals surface area (Å²) in [6.45, 7) is 3.99. The molecule has 0 aliphatic rings. The normalized spacial score (nSPS) is 10.2. The van der Waals surface area contributed by atoms with E-state index >= 15 is 0 Å². The summed E-state index contributed by atoms with van der Waals surface area (Å²) in [5.41, 5.74) is 2.03. The molecule has 21 heavy (non-hydrogen) atoms. The van der Waals surface area contributed by atoms with Gasteiger partial charge in [-0.2, -0.15) is 0 Å². The van der Waals surface area contributed by atoms with Crippen molar-refractivity contribution in [2.45, 2.75) is 20.3 Å². The minimum absolute atomic E-state index is 0.168. The van der Waals surface area contributed by atoms with Crippen molar-refractivity contribution in [2.75, 3.05) is 11.9 Å². The van der Waals surface area contributed by atoms with Crippen molar-refractivity contribution >= 4 is 11.6 Å². The molecule has 0 aliphatic heterocycles. The Bertz CT molecular complexity index is 640. The fourth-order valence-electron chi connectivity index (χ4n) is 1.91. The second-order valence-corrected chi connectivity index (χ2v) is 4.90. The molecule has 0 unspecified atom stereocenters. The summed E-state index contributed by atoms with van der Waals surface area (Å²) in [6.07, 6.45) is 0.168. The third-order valence-corrected chi connectivity index (χ3v) is 3.08. The fraction of sp³-hybridized carbons (Fsp3) is 0.235. The van der Waals surface area contributed by atoms with Crippen LogP contribution in [0.1, 0.15) is 17.5 Å². The van der Waals surface area contributed by atoms with Crippen LogP contribution in [-0.4, -0.2) is 12.5 Å². The van der Waals surface area contributed by atoms with Crippen molar-refractivity contribution in [3.63, 3.8) is 0 Å². The van der Waals surface area contributed by atoms with E-state index in [4.69, 9.17) is 4.74 Å². The van der Waals surface area contributed by atoms with E-state index in [9.17, 15) is 9.18 Å². The molecular formula is C17H18FNO2. The van der Waals surface area contributed by atoms with Crippen LogP contribution in [-0.2, 0) is 4.79 Å². The molecule has 1 amide bonds. The molecule has 1 N–H and O–H groups in total. The van der Waals surface area contributed by atoms with E-state index < -0.39 is 5.82 Å². The van der Waals surface area contributed by atoms with Gasteiger partial charge in [0.2, 0.25) is 5.91 Å². The van der Waals surface area contributed by atoms with Crippen molar-refractivity contribution in [3.8, 4) is 5.75 Å². The molecule has 0 saturated carbocycles. The Morgan fingerprint density at radius 2 is 1.95 bits per heavy atom. The number of rotatable bonds is 5. The number of anilines is 1. The average molecular weight is 287 g/mol. The molecule has 0 radical (unpaired) electrons. The lowest BCUT2D eigenvalue weighted by Crippen LogP contribution is -2.16. The number of carbonyl (C=O) groups is 1. The maximum atomic E-state index is 13.6. The average Bonchev–Trinajstić information content (AvgIpc) is 2.44. The van der Waals surface area contributed by atoms with Crippen LogP contribution in [0, 0.1) is 19.7 Å². The van der Waals surface area contributed by atoms with Gasteiger partial charge in [-0.25, -0.2) is 4.39 Å². The van der Waals surface area contributed by atoms with E-state index in [0.717, 1.165) is 16.9 Å². The van der Waals surface area contributed by atoms with Crippen LogP contribution in [0.2, 0.25) is 0 Å². The van der Waals surface area contributed by atoms with Crippen LogP contribution in [0.25, 0.3) is 0 Å². The summed E-state index contributed by atoms with van der Waals surface area (Å²) >= 11 is 0. The van der Waals surface area contributed by atoms with Crippen LogP contribution in [0.3, 0.4) is 0 Å². The molecule has 0 fully saturated rings. The van der Waals surface area contributed by atoms with Gasteiger partial charge in [0.15, 0.2) is 0 Å². The Kier molecular flexibility index (Phi) is 4.93. The zero-order valence-corrected chi connectivity index (χ0v) is 12.2. The van der Waals surface area contributed by atoms with Crippen LogP contribution in [0.5, 0.6) is 5.75 Å². The molecule has 0 atom stereocenters. The van der Waals surface area contributed by atoms with Crippen LogP contribution < -0.4 is 10.1 Å². The molecule has 0 saturated heterocycles. The summed E-state index contributed by atoms with van der Waals surface area (Å²) in [5, 5.41) is 2.54. The first-order valence-electron chi connectivity index (χ1n) is 6.80.